The van der Waals surface area contributed by atoms with Crippen molar-refractivity contribution in [1.82, 2.24) is 0 Å². The van der Waals surface area contributed by atoms with Crippen molar-refractivity contribution in [3.8, 4) is 22.3 Å². The van der Waals surface area contributed by atoms with Gasteiger partial charge in [-0.25, -0.2) is 4.90 Å². The van der Waals surface area contributed by atoms with E-state index in [1.807, 2.05) is 36.4 Å². The number of amides is 2. The van der Waals surface area contributed by atoms with Gasteiger partial charge in [-0.1, -0.05) is 60.7 Å². The van der Waals surface area contributed by atoms with Gasteiger partial charge in [-0.3, -0.25) is 9.59 Å². The first kappa shape index (κ1) is 14.4. The number of anilines is 1. The van der Waals surface area contributed by atoms with Gasteiger partial charge in [0.1, 0.15) is 0 Å². The maximum atomic E-state index is 13.0. The maximum absolute atomic E-state index is 13.0. The van der Waals surface area contributed by atoms with E-state index in [1.54, 1.807) is 24.3 Å². The van der Waals surface area contributed by atoms with E-state index in [0.29, 0.717) is 16.8 Å². The van der Waals surface area contributed by atoms with Crippen molar-refractivity contribution in [2.24, 2.45) is 0 Å². The van der Waals surface area contributed by atoms with Crippen LogP contribution in [0.2, 0.25) is 0 Å². The third kappa shape index (κ3) is 1.71. The molecule has 0 spiro atoms. The van der Waals surface area contributed by atoms with Gasteiger partial charge in [0, 0.05) is 5.39 Å². The van der Waals surface area contributed by atoms with E-state index in [4.69, 9.17) is 0 Å². The molecule has 3 nitrogen and oxygen atoms in total. The average molecular weight is 347 g/mol. The lowest BCUT2D eigenvalue weighted by molar-refractivity contribution is 0.0926. The van der Waals surface area contributed by atoms with Gasteiger partial charge in [0.15, 0.2) is 0 Å². The standard InChI is InChI=1S/C24H13NO2/c26-23-18-8-3-4-9-19(18)24(27)25(23)21-13-12-17-15-7-2-1-6-14(15)16-10-5-11-20(21)22(16)17/h1-13H. The van der Waals surface area contributed by atoms with Crippen LogP contribution in [-0.4, -0.2) is 11.8 Å². The Morgan fingerprint density at radius 1 is 0.481 bits per heavy atom. The zero-order valence-electron chi connectivity index (χ0n) is 14.3. The van der Waals surface area contributed by atoms with Crippen LogP contribution in [0.25, 0.3) is 33.0 Å². The summed E-state index contributed by atoms with van der Waals surface area (Å²) in [5.74, 6) is -0.515. The van der Waals surface area contributed by atoms with Gasteiger partial charge in [-0.15, -0.1) is 0 Å². The van der Waals surface area contributed by atoms with Gasteiger partial charge >= 0.3 is 0 Å². The summed E-state index contributed by atoms with van der Waals surface area (Å²) < 4.78 is 0. The summed E-state index contributed by atoms with van der Waals surface area (Å²) in [4.78, 5) is 27.2. The molecule has 4 aromatic carbocycles. The topological polar surface area (TPSA) is 37.4 Å². The first-order valence-electron chi connectivity index (χ1n) is 8.89. The summed E-state index contributed by atoms with van der Waals surface area (Å²) in [5.41, 5.74) is 6.26. The molecule has 0 saturated heterocycles. The monoisotopic (exact) mass is 347 g/mol. The number of hydrogen-bond acceptors (Lipinski definition) is 2. The summed E-state index contributed by atoms with van der Waals surface area (Å²) in [7, 11) is 0. The van der Waals surface area contributed by atoms with Gasteiger partial charge in [-0.05, 0) is 45.8 Å². The van der Waals surface area contributed by atoms with Crippen LogP contribution in [0, 0.1) is 0 Å². The molecule has 126 valence electrons. The molecule has 1 aliphatic carbocycles. The molecule has 0 unspecified atom stereocenters. The number of carbonyl (C=O) groups is 2. The first-order valence-corrected chi connectivity index (χ1v) is 8.89. The Hall–Kier alpha value is -3.72. The van der Waals surface area contributed by atoms with E-state index in [2.05, 4.69) is 18.2 Å². The smallest absolute Gasteiger partial charge is 0.266 e. The van der Waals surface area contributed by atoms with Gasteiger partial charge in [-0.2, -0.15) is 0 Å². The van der Waals surface area contributed by atoms with Crippen molar-refractivity contribution in [3.63, 3.8) is 0 Å². The number of benzene rings is 4. The molecule has 0 saturated carbocycles. The predicted molar refractivity (Wildman–Crippen MR) is 106 cm³/mol. The van der Waals surface area contributed by atoms with Gasteiger partial charge < -0.3 is 0 Å². The quantitative estimate of drug-likeness (QED) is 0.387. The maximum Gasteiger partial charge on any atom is 0.266 e. The molecule has 4 aromatic rings. The molecule has 2 amide bonds. The lowest BCUT2D eigenvalue weighted by Crippen LogP contribution is -2.29. The zero-order valence-corrected chi connectivity index (χ0v) is 14.3. The van der Waals surface area contributed by atoms with Crippen molar-refractivity contribution < 1.29 is 9.59 Å². The third-order valence-corrected chi connectivity index (χ3v) is 5.56. The number of carbonyl (C=O) groups excluding carboxylic acids is 2. The molecular formula is C24H13NO2. The van der Waals surface area contributed by atoms with E-state index in [0.717, 1.165) is 21.9 Å². The second-order valence-corrected chi connectivity index (χ2v) is 6.90. The molecule has 0 N–H and O–H groups in total. The Morgan fingerprint density at radius 2 is 1.00 bits per heavy atom. The highest BCUT2D eigenvalue weighted by Crippen LogP contribution is 2.49. The molecule has 1 heterocycles. The van der Waals surface area contributed by atoms with E-state index < -0.39 is 0 Å². The van der Waals surface area contributed by atoms with Crippen LogP contribution >= 0.6 is 0 Å². The van der Waals surface area contributed by atoms with Crippen LogP contribution in [0.15, 0.2) is 78.9 Å². The highest BCUT2D eigenvalue weighted by molar-refractivity contribution is 6.36. The van der Waals surface area contributed by atoms with Crippen LogP contribution in [0.3, 0.4) is 0 Å². The highest BCUT2D eigenvalue weighted by atomic mass is 16.2. The molecule has 0 bridgehead atoms. The minimum Gasteiger partial charge on any atom is -0.268 e. The summed E-state index contributed by atoms with van der Waals surface area (Å²) in [6.45, 7) is 0. The SMILES string of the molecule is O=C1c2ccccc2C(=O)N1c1ccc2c3c(cccc13)-c1ccccc1-2. The summed E-state index contributed by atoms with van der Waals surface area (Å²) in [6, 6.07) is 25.3. The van der Waals surface area contributed by atoms with Gasteiger partial charge in [0.05, 0.1) is 16.8 Å². The fraction of sp³-hybridized carbons (Fsp3) is 0. The number of rotatable bonds is 1. The molecule has 1 aliphatic heterocycles. The Balaban J connectivity index is 1.64. The van der Waals surface area contributed by atoms with Crippen molar-refractivity contribution in [2.75, 3.05) is 4.90 Å². The summed E-state index contributed by atoms with van der Waals surface area (Å²) >= 11 is 0. The molecule has 3 heteroatoms. The van der Waals surface area contributed by atoms with E-state index in [9.17, 15) is 9.59 Å². The number of nitrogens with zero attached hydrogens (tertiary/aromatic N) is 1. The molecule has 27 heavy (non-hydrogen) atoms. The molecular weight excluding hydrogens is 334 g/mol. The minimum absolute atomic E-state index is 0.258. The Labute approximate surface area is 155 Å². The molecule has 6 rings (SSSR count). The van der Waals surface area contributed by atoms with Crippen LogP contribution in [0.4, 0.5) is 5.69 Å². The Kier molecular flexibility index (Phi) is 2.63. The molecule has 0 fully saturated rings. The lowest BCUT2D eigenvalue weighted by Gasteiger charge is -2.17. The third-order valence-electron chi connectivity index (χ3n) is 5.56. The number of imide groups is 1. The number of hydrogen-bond donors (Lipinski definition) is 0. The van der Waals surface area contributed by atoms with E-state index >= 15 is 0 Å². The lowest BCUT2D eigenvalue weighted by atomic mass is 10.0. The van der Waals surface area contributed by atoms with Crippen molar-refractivity contribution >= 4 is 28.3 Å². The van der Waals surface area contributed by atoms with Crippen molar-refractivity contribution in [2.45, 2.75) is 0 Å². The van der Waals surface area contributed by atoms with Crippen molar-refractivity contribution in [1.29, 1.82) is 0 Å². The summed E-state index contributed by atoms with van der Waals surface area (Å²) in [6.07, 6.45) is 0. The second kappa shape index (κ2) is 4.92. The molecule has 0 radical (unpaired) electrons. The summed E-state index contributed by atoms with van der Waals surface area (Å²) in [5, 5.41) is 2.03. The fourth-order valence-corrected chi connectivity index (χ4v) is 4.40. The van der Waals surface area contributed by atoms with E-state index in [-0.39, 0.29) is 11.8 Å². The van der Waals surface area contributed by atoms with Crippen LogP contribution in [0.1, 0.15) is 20.7 Å². The van der Waals surface area contributed by atoms with Crippen LogP contribution in [0.5, 0.6) is 0 Å². The van der Waals surface area contributed by atoms with Crippen LogP contribution < -0.4 is 4.90 Å². The minimum atomic E-state index is -0.258. The zero-order chi connectivity index (χ0) is 18.1. The fourth-order valence-electron chi connectivity index (χ4n) is 4.40. The highest BCUT2D eigenvalue weighted by Gasteiger charge is 2.37. The Morgan fingerprint density at radius 3 is 1.63 bits per heavy atom. The van der Waals surface area contributed by atoms with Gasteiger partial charge in [0.2, 0.25) is 0 Å². The predicted octanol–water partition coefficient (Wildman–Crippen LogP) is 5.29. The largest absolute Gasteiger partial charge is 0.268 e. The van der Waals surface area contributed by atoms with Gasteiger partial charge in [0.25, 0.3) is 11.8 Å². The van der Waals surface area contributed by atoms with Crippen LogP contribution in [-0.2, 0) is 0 Å². The first-order chi connectivity index (χ1) is 13.3. The Bertz CT molecular complexity index is 1260. The average Bonchev–Trinajstić information content (AvgIpc) is 3.17. The molecule has 2 aliphatic rings. The second-order valence-electron chi connectivity index (χ2n) is 6.90. The molecule has 0 atom stereocenters. The molecule has 0 aromatic heterocycles. The number of fused-ring (bicyclic) bond motifs is 4. The van der Waals surface area contributed by atoms with Crippen molar-refractivity contribution in [3.05, 3.63) is 90.0 Å². The normalized spacial score (nSPS) is 14.0. The van der Waals surface area contributed by atoms with E-state index in [1.165, 1.54) is 16.0 Å².